The maximum atomic E-state index is 9.49. The molecule has 0 saturated heterocycles. The second-order valence-corrected chi connectivity index (χ2v) is 3.55. The minimum Gasteiger partial charge on any atom is -0.508 e. The lowest BCUT2D eigenvalue weighted by Gasteiger charge is -2.02. The second kappa shape index (κ2) is 5.16. The number of rotatable bonds is 3. The zero-order valence-electron chi connectivity index (χ0n) is 9.50. The van der Waals surface area contributed by atoms with Gasteiger partial charge in [-0.3, -0.25) is 4.98 Å². The number of aromatic nitrogens is 1. The molecule has 17 heavy (non-hydrogen) atoms. The number of pyridine rings is 1. The summed E-state index contributed by atoms with van der Waals surface area (Å²) >= 11 is 0. The lowest BCUT2D eigenvalue weighted by atomic mass is 10.1. The third kappa shape index (κ3) is 3.08. The molecule has 1 heterocycles. The van der Waals surface area contributed by atoms with E-state index in [-0.39, 0.29) is 5.75 Å². The van der Waals surface area contributed by atoms with Crippen LogP contribution in [-0.4, -0.2) is 17.2 Å². The van der Waals surface area contributed by atoms with E-state index < -0.39 is 0 Å². The van der Waals surface area contributed by atoms with Crippen molar-refractivity contribution in [2.75, 3.05) is 7.11 Å². The van der Waals surface area contributed by atoms with Crippen LogP contribution in [-0.2, 0) is 0 Å². The van der Waals surface area contributed by atoms with E-state index in [0.717, 1.165) is 11.3 Å². The molecule has 0 saturated carbocycles. The van der Waals surface area contributed by atoms with Gasteiger partial charge in [-0.05, 0) is 35.9 Å². The molecule has 0 unspecified atom stereocenters. The van der Waals surface area contributed by atoms with E-state index in [9.17, 15) is 5.11 Å². The van der Waals surface area contributed by atoms with Gasteiger partial charge in [0, 0.05) is 12.3 Å². The van der Waals surface area contributed by atoms with Gasteiger partial charge >= 0.3 is 0 Å². The van der Waals surface area contributed by atoms with Crippen molar-refractivity contribution in [2.45, 2.75) is 0 Å². The van der Waals surface area contributed by atoms with Crippen LogP contribution in [0.4, 0.5) is 0 Å². The molecule has 0 amide bonds. The zero-order valence-corrected chi connectivity index (χ0v) is 9.50. The predicted octanol–water partition coefficient (Wildman–Crippen LogP) is 2.97. The molecule has 0 bridgehead atoms. The van der Waals surface area contributed by atoms with Gasteiger partial charge in [0.2, 0.25) is 0 Å². The summed E-state index contributed by atoms with van der Waals surface area (Å²) < 4.78 is 5.08. The Labute approximate surface area is 100 Å². The number of benzene rings is 1. The van der Waals surface area contributed by atoms with E-state index in [1.165, 1.54) is 0 Å². The average molecular weight is 227 g/mol. The first-order chi connectivity index (χ1) is 8.28. The van der Waals surface area contributed by atoms with Gasteiger partial charge in [0.1, 0.15) is 11.5 Å². The monoisotopic (exact) mass is 227 g/mol. The minimum absolute atomic E-state index is 0.185. The van der Waals surface area contributed by atoms with E-state index >= 15 is 0 Å². The maximum absolute atomic E-state index is 9.49. The maximum Gasteiger partial charge on any atom is 0.123 e. The SMILES string of the molecule is COc1cc(O)cc(C=Cc2ccccn2)c1. The molecule has 1 aromatic heterocycles. The molecule has 0 spiro atoms. The highest BCUT2D eigenvalue weighted by atomic mass is 16.5. The first-order valence-electron chi connectivity index (χ1n) is 5.25. The Morgan fingerprint density at radius 2 is 2.06 bits per heavy atom. The van der Waals surface area contributed by atoms with Crippen LogP contribution in [0.25, 0.3) is 12.2 Å². The van der Waals surface area contributed by atoms with Crippen molar-refractivity contribution in [3.8, 4) is 11.5 Å². The van der Waals surface area contributed by atoms with Crippen molar-refractivity contribution in [3.05, 3.63) is 53.9 Å². The van der Waals surface area contributed by atoms with Crippen molar-refractivity contribution in [3.63, 3.8) is 0 Å². The van der Waals surface area contributed by atoms with Crippen LogP contribution < -0.4 is 4.74 Å². The highest BCUT2D eigenvalue weighted by Crippen LogP contribution is 2.22. The van der Waals surface area contributed by atoms with Crippen LogP contribution in [0.15, 0.2) is 42.6 Å². The van der Waals surface area contributed by atoms with Crippen LogP contribution in [0, 0.1) is 0 Å². The van der Waals surface area contributed by atoms with Crippen LogP contribution >= 0.6 is 0 Å². The van der Waals surface area contributed by atoms with E-state index in [0.29, 0.717) is 5.75 Å². The Hall–Kier alpha value is -2.29. The Morgan fingerprint density at radius 1 is 1.18 bits per heavy atom. The minimum atomic E-state index is 0.185. The highest BCUT2D eigenvalue weighted by Gasteiger charge is 1.97. The molecule has 0 aliphatic carbocycles. The van der Waals surface area contributed by atoms with Gasteiger partial charge in [-0.2, -0.15) is 0 Å². The molecule has 2 rings (SSSR count). The van der Waals surface area contributed by atoms with Gasteiger partial charge in [-0.25, -0.2) is 0 Å². The molecule has 86 valence electrons. The van der Waals surface area contributed by atoms with Crippen LogP contribution in [0.5, 0.6) is 11.5 Å². The molecule has 0 aliphatic heterocycles. The van der Waals surface area contributed by atoms with E-state index in [4.69, 9.17) is 4.74 Å². The smallest absolute Gasteiger partial charge is 0.123 e. The number of phenolic OH excluding ortho intramolecular Hbond substituents is 1. The number of hydrogen-bond donors (Lipinski definition) is 1. The fraction of sp³-hybridized carbons (Fsp3) is 0.0714. The van der Waals surface area contributed by atoms with Gasteiger partial charge in [0.15, 0.2) is 0 Å². The number of methoxy groups -OCH3 is 1. The number of hydrogen-bond acceptors (Lipinski definition) is 3. The average Bonchev–Trinajstić information content (AvgIpc) is 2.37. The summed E-state index contributed by atoms with van der Waals surface area (Å²) in [6.45, 7) is 0. The molecular formula is C14H13NO2. The molecule has 2 aromatic rings. The number of aromatic hydroxyl groups is 1. The van der Waals surface area contributed by atoms with Crippen molar-refractivity contribution < 1.29 is 9.84 Å². The van der Waals surface area contributed by atoms with Crippen molar-refractivity contribution >= 4 is 12.2 Å². The number of phenols is 1. The van der Waals surface area contributed by atoms with Gasteiger partial charge < -0.3 is 9.84 Å². The number of nitrogens with zero attached hydrogens (tertiary/aromatic N) is 1. The molecule has 0 radical (unpaired) electrons. The van der Waals surface area contributed by atoms with Crippen LogP contribution in [0.2, 0.25) is 0 Å². The largest absolute Gasteiger partial charge is 0.508 e. The predicted molar refractivity (Wildman–Crippen MR) is 67.8 cm³/mol. The molecule has 3 nitrogen and oxygen atoms in total. The lowest BCUT2D eigenvalue weighted by molar-refractivity contribution is 0.407. The Kier molecular flexibility index (Phi) is 3.40. The first-order valence-corrected chi connectivity index (χ1v) is 5.25. The zero-order chi connectivity index (χ0) is 12.1. The second-order valence-electron chi connectivity index (χ2n) is 3.55. The summed E-state index contributed by atoms with van der Waals surface area (Å²) in [5, 5.41) is 9.49. The Morgan fingerprint density at radius 3 is 2.76 bits per heavy atom. The van der Waals surface area contributed by atoms with Gasteiger partial charge in [0.05, 0.1) is 12.8 Å². The van der Waals surface area contributed by atoms with Crippen LogP contribution in [0.3, 0.4) is 0 Å². The van der Waals surface area contributed by atoms with E-state index in [1.807, 2.05) is 36.4 Å². The molecule has 1 N–H and O–H groups in total. The van der Waals surface area contributed by atoms with Crippen molar-refractivity contribution in [2.24, 2.45) is 0 Å². The third-order valence-corrected chi connectivity index (χ3v) is 2.28. The van der Waals surface area contributed by atoms with Gasteiger partial charge in [-0.1, -0.05) is 12.1 Å². The highest BCUT2D eigenvalue weighted by molar-refractivity contribution is 5.69. The molecule has 1 aromatic carbocycles. The topological polar surface area (TPSA) is 42.4 Å². The number of ether oxygens (including phenoxy) is 1. The summed E-state index contributed by atoms with van der Waals surface area (Å²) in [6, 6.07) is 10.8. The normalized spacial score (nSPS) is 10.6. The summed E-state index contributed by atoms with van der Waals surface area (Å²) in [6.07, 6.45) is 5.50. The summed E-state index contributed by atoms with van der Waals surface area (Å²) in [4.78, 5) is 4.18. The van der Waals surface area contributed by atoms with Gasteiger partial charge in [0.25, 0.3) is 0 Å². The summed E-state index contributed by atoms with van der Waals surface area (Å²) in [5.41, 5.74) is 1.74. The molecule has 0 aliphatic rings. The fourth-order valence-electron chi connectivity index (χ4n) is 1.48. The summed E-state index contributed by atoms with van der Waals surface area (Å²) in [5.74, 6) is 0.815. The van der Waals surface area contributed by atoms with Gasteiger partial charge in [-0.15, -0.1) is 0 Å². The molecule has 0 fully saturated rings. The molecule has 3 heteroatoms. The van der Waals surface area contributed by atoms with Crippen molar-refractivity contribution in [1.82, 2.24) is 4.98 Å². The lowest BCUT2D eigenvalue weighted by Crippen LogP contribution is -1.83. The Bertz CT molecular complexity index is 521. The van der Waals surface area contributed by atoms with Crippen molar-refractivity contribution in [1.29, 1.82) is 0 Å². The molecule has 0 atom stereocenters. The third-order valence-electron chi connectivity index (χ3n) is 2.28. The Balaban J connectivity index is 2.24. The first kappa shape index (κ1) is 11.2. The quantitative estimate of drug-likeness (QED) is 0.876. The fourth-order valence-corrected chi connectivity index (χ4v) is 1.48. The summed E-state index contributed by atoms with van der Waals surface area (Å²) in [7, 11) is 1.57. The van der Waals surface area contributed by atoms with E-state index in [2.05, 4.69) is 4.98 Å². The standard InChI is InChI=1S/C14H13NO2/c1-17-14-9-11(8-13(16)10-14)5-6-12-4-2-3-7-15-12/h2-10,16H,1H3. The van der Waals surface area contributed by atoms with E-state index in [1.54, 1.807) is 25.4 Å². The molecular weight excluding hydrogens is 214 g/mol. The van der Waals surface area contributed by atoms with Crippen LogP contribution in [0.1, 0.15) is 11.3 Å².